The first-order chi connectivity index (χ1) is 9.05. The fourth-order valence-corrected chi connectivity index (χ4v) is 4.04. The third-order valence-corrected chi connectivity index (χ3v) is 5.53. The van der Waals surface area contributed by atoms with E-state index in [1.54, 1.807) is 17.5 Å². The van der Waals surface area contributed by atoms with Crippen LogP contribution >= 0.6 is 0 Å². The van der Waals surface area contributed by atoms with E-state index in [0.29, 0.717) is 31.1 Å². The maximum absolute atomic E-state index is 12.6. The van der Waals surface area contributed by atoms with Gasteiger partial charge in [0.05, 0.1) is 6.20 Å². The third-order valence-electron chi connectivity index (χ3n) is 3.62. The molecule has 2 heterocycles. The van der Waals surface area contributed by atoms with Crippen molar-refractivity contribution in [2.75, 3.05) is 20.1 Å². The molecular formula is C12H22N4O2S. The molecule has 6 nitrogen and oxygen atoms in total. The third kappa shape index (κ3) is 3.16. The van der Waals surface area contributed by atoms with Crippen LogP contribution in [0, 0.1) is 5.92 Å². The molecule has 0 saturated carbocycles. The van der Waals surface area contributed by atoms with Crippen LogP contribution in [0.5, 0.6) is 0 Å². The Kier molecular flexibility index (Phi) is 4.59. The maximum atomic E-state index is 12.6. The molecule has 7 heteroatoms. The van der Waals surface area contributed by atoms with Crippen LogP contribution in [-0.4, -0.2) is 43.1 Å². The van der Waals surface area contributed by atoms with Crippen LogP contribution in [0.4, 0.5) is 0 Å². The molecular weight excluding hydrogens is 264 g/mol. The maximum Gasteiger partial charge on any atom is 0.260 e. The summed E-state index contributed by atoms with van der Waals surface area (Å²) in [6, 6.07) is 0. The minimum Gasteiger partial charge on any atom is -0.316 e. The molecule has 1 aliphatic rings. The number of aromatic nitrogens is 2. The van der Waals surface area contributed by atoms with E-state index in [1.165, 1.54) is 0 Å². The zero-order chi connectivity index (χ0) is 13.9. The lowest BCUT2D eigenvalue weighted by Crippen LogP contribution is -2.33. The zero-order valence-electron chi connectivity index (χ0n) is 11.5. The summed E-state index contributed by atoms with van der Waals surface area (Å²) in [4.78, 5) is 0. The van der Waals surface area contributed by atoms with Gasteiger partial charge in [0.2, 0.25) is 0 Å². The number of sulfonamides is 1. The van der Waals surface area contributed by atoms with Gasteiger partial charge in [-0.3, -0.25) is 5.10 Å². The SMILES string of the molecule is CNCc1cn[nH]c1S(=O)(=O)N1CCCC(C)CC1. The lowest BCUT2D eigenvalue weighted by Gasteiger charge is -2.19. The first kappa shape index (κ1) is 14.5. The Morgan fingerprint density at radius 3 is 3.00 bits per heavy atom. The van der Waals surface area contributed by atoms with Crippen molar-refractivity contribution in [3.63, 3.8) is 0 Å². The van der Waals surface area contributed by atoms with Gasteiger partial charge >= 0.3 is 0 Å². The number of hydrogen-bond acceptors (Lipinski definition) is 4. The van der Waals surface area contributed by atoms with Crippen molar-refractivity contribution in [3.05, 3.63) is 11.8 Å². The highest BCUT2D eigenvalue weighted by Gasteiger charge is 2.29. The normalized spacial score (nSPS) is 22.3. The zero-order valence-corrected chi connectivity index (χ0v) is 12.3. The summed E-state index contributed by atoms with van der Waals surface area (Å²) in [5.74, 6) is 0.596. The number of H-pyrrole nitrogens is 1. The first-order valence-electron chi connectivity index (χ1n) is 6.72. The average Bonchev–Trinajstić information content (AvgIpc) is 2.71. The van der Waals surface area contributed by atoms with E-state index < -0.39 is 10.0 Å². The minimum absolute atomic E-state index is 0.233. The van der Waals surface area contributed by atoms with Crippen molar-refractivity contribution in [2.24, 2.45) is 5.92 Å². The highest BCUT2D eigenvalue weighted by atomic mass is 32.2. The Labute approximate surface area is 114 Å². The molecule has 0 spiro atoms. The van der Waals surface area contributed by atoms with Gasteiger partial charge in [0.1, 0.15) is 0 Å². The van der Waals surface area contributed by atoms with Crippen LogP contribution in [0.25, 0.3) is 0 Å². The molecule has 1 aliphatic heterocycles. The fourth-order valence-electron chi connectivity index (χ4n) is 2.45. The lowest BCUT2D eigenvalue weighted by molar-refractivity contribution is 0.414. The molecule has 108 valence electrons. The van der Waals surface area contributed by atoms with Gasteiger partial charge in [-0.25, -0.2) is 8.42 Å². The molecule has 19 heavy (non-hydrogen) atoms. The van der Waals surface area contributed by atoms with Crippen molar-refractivity contribution in [3.8, 4) is 0 Å². The van der Waals surface area contributed by atoms with Gasteiger partial charge in [-0.15, -0.1) is 0 Å². The van der Waals surface area contributed by atoms with Crippen LogP contribution in [0.1, 0.15) is 31.7 Å². The Balaban J connectivity index is 2.23. The standard InChI is InChI=1S/C12H22N4O2S/c1-10-4-3-6-16(7-5-10)19(17,18)12-11(8-13-2)9-14-15-12/h9-10,13H,3-8H2,1-2H3,(H,14,15). The number of hydrogen-bond donors (Lipinski definition) is 2. The Morgan fingerprint density at radius 2 is 2.26 bits per heavy atom. The summed E-state index contributed by atoms with van der Waals surface area (Å²) in [6.45, 7) is 3.88. The summed E-state index contributed by atoms with van der Waals surface area (Å²) in [7, 11) is -1.65. The molecule has 2 rings (SSSR count). The highest BCUT2D eigenvalue weighted by Crippen LogP contribution is 2.23. The number of rotatable bonds is 4. The molecule has 1 unspecified atom stereocenters. The van der Waals surface area contributed by atoms with E-state index in [9.17, 15) is 8.42 Å². The topological polar surface area (TPSA) is 78.1 Å². The van der Waals surface area contributed by atoms with E-state index in [2.05, 4.69) is 22.4 Å². The highest BCUT2D eigenvalue weighted by molar-refractivity contribution is 7.89. The second-order valence-corrected chi connectivity index (χ2v) is 7.07. The molecule has 1 aromatic rings. The van der Waals surface area contributed by atoms with Crippen molar-refractivity contribution in [1.82, 2.24) is 19.8 Å². The number of nitrogens with one attached hydrogen (secondary N) is 2. The molecule has 0 bridgehead atoms. The van der Waals surface area contributed by atoms with Crippen molar-refractivity contribution in [1.29, 1.82) is 0 Å². The smallest absolute Gasteiger partial charge is 0.260 e. The summed E-state index contributed by atoms with van der Waals surface area (Å²) in [5.41, 5.74) is 0.694. The van der Waals surface area contributed by atoms with Gasteiger partial charge in [-0.05, 0) is 32.2 Å². The molecule has 0 amide bonds. The molecule has 1 aromatic heterocycles. The first-order valence-corrected chi connectivity index (χ1v) is 8.16. The number of aromatic amines is 1. The minimum atomic E-state index is -3.44. The quantitative estimate of drug-likeness (QED) is 0.863. The van der Waals surface area contributed by atoms with Crippen molar-refractivity contribution < 1.29 is 8.42 Å². The van der Waals surface area contributed by atoms with Crippen LogP contribution < -0.4 is 5.32 Å². The molecule has 0 radical (unpaired) electrons. The molecule has 1 atom stereocenters. The predicted octanol–water partition coefficient (Wildman–Crippen LogP) is 0.940. The van der Waals surface area contributed by atoms with Crippen molar-refractivity contribution >= 4 is 10.0 Å². The second kappa shape index (κ2) is 6.02. The van der Waals surface area contributed by atoms with E-state index in [-0.39, 0.29) is 5.03 Å². The number of nitrogens with zero attached hydrogens (tertiary/aromatic N) is 2. The molecule has 0 aromatic carbocycles. The Hall–Kier alpha value is -0.920. The summed E-state index contributed by atoms with van der Waals surface area (Å²) < 4.78 is 26.8. The second-order valence-electron chi connectivity index (χ2n) is 5.19. The Morgan fingerprint density at radius 1 is 1.47 bits per heavy atom. The molecule has 1 fully saturated rings. The summed E-state index contributed by atoms with van der Waals surface area (Å²) in [6.07, 6.45) is 4.52. The van der Waals surface area contributed by atoms with E-state index in [0.717, 1.165) is 19.3 Å². The Bertz CT molecular complexity index is 512. The van der Waals surface area contributed by atoms with E-state index in [4.69, 9.17) is 0 Å². The van der Waals surface area contributed by atoms with Gasteiger partial charge in [0.25, 0.3) is 10.0 Å². The monoisotopic (exact) mass is 286 g/mol. The molecule has 0 aliphatic carbocycles. The fraction of sp³-hybridized carbons (Fsp3) is 0.750. The van der Waals surface area contributed by atoms with Gasteiger partial charge in [0.15, 0.2) is 5.03 Å². The summed E-state index contributed by atoms with van der Waals surface area (Å²) in [5, 5.41) is 9.70. The lowest BCUT2D eigenvalue weighted by atomic mass is 10.0. The summed E-state index contributed by atoms with van der Waals surface area (Å²) >= 11 is 0. The predicted molar refractivity (Wildman–Crippen MR) is 73.1 cm³/mol. The largest absolute Gasteiger partial charge is 0.316 e. The van der Waals surface area contributed by atoms with Gasteiger partial charge in [0, 0.05) is 25.2 Å². The van der Waals surface area contributed by atoms with Crippen LogP contribution in [0.15, 0.2) is 11.2 Å². The average molecular weight is 286 g/mol. The molecule has 2 N–H and O–H groups in total. The van der Waals surface area contributed by atoms with Crippen LogP contribution in [-0.2, 0) is 16.6 Å². The van der Waals surface area contributed by atoms with Crippen LogP contribution in [0.3, 0.4) is 0 Å². The van der Waals surface area contributed by atoms with E-state index in [1.807, 2.05) is 0 Å². The van der Waals surface area contributed by atoms with E-state index >= 15 is 0 Å². The van der Waals surface area contributed by atoms with Gasteiger partial charge < -0.3 is 5.32 Å². The van der Waals surface area contributed by atoms with Gasteiger partial charge in [-0.1, -0.05) is 6.92 Å². The molecule has 1 saturated heterocycles. The van der Waals surface area contributed by atoms with Crippen LogP contribution in [0.2, 0.25) is 0 Å². The van der Waals surface area contributed by atoms with Crippen molar-refractivity contribution in [2.45, 2.75) is 37.8 Å². The van der Waals surface area contributed by atoms with Gasteiger partial charge in [-0.2, -0.15) is 9.40 Å².